The maximum atomic E-state index is 12.5. The Hall–Kier alpha value is -1.99. The van der Waals surface area contributed by atoms with Gasteiger partial charge in [0.2, 0.25) is 5.91 Å². The first-order chi connectivity index (χ1) is 11.6. The summed E-state index contributed by atoms with van der Waals surface area (Å²) < 4.78 is 5.27. The Kier molecular flexibility index (Phi) is 5.80. The fourth-order valence-electron chi connectivity index (χ4n) is 3.55. The molecular weight excluding hydrogens is 326 g/mol. The van der Waals surface area contributed by atoms with Gasteiger partial charge in [0.1, 0.15) is 11.6 Å². The van der Waals surface area contributed by atoms with Crippen LogP contribution in [0.3, 0.4) is 0 Å². The number of nitrogens with zero attached hydrogens (tertiary/aromatic N) is 2. The SMILES string of the molecule is CN(C(=O)O)[C@H]1CCN(C2CCC(NC(=O)OC(C)(C)C)CC2)C1=O. The van der Waals surface area contributed by atoms with Crippen molar-refractivity contribution >= 4 is 18.1 Å². The molecule has 1 atom stereocenters. The number of alkyl carbamates (subject to hydrolysis) is 1. The monoisotopic (exact) mass is 355 g/mol. The number of nitrogens with one attached hydrogen (secondary N) is 1. The van der Waals surface area contributed by atoms with E-state index in [0.29, 0.717) is 13.0 Å². The molecule has 2 N–H and O–H groups in total. The highest BCUT2D eigenvalue weighted by molar-refractivity contribution is 5.87. The molecule has 8 heteroatoms. The predicted octanol–water partition coefficient (Wildman–Crippen LogP) is 2.03. The van der Waals surface area contributed by atoms with E-state index >= 15 is 0 Å². The molecule has 1 aliphatic heterocycles. The van der Waals surface area contributed by atoms with Crippen LogP contribution in [0.15, 0.2) is 0 Å². The molecule has 25 heavy (non-hydrogen) atoms. The summed E-state index contributed by atoms with van der Waals surface area (Å²) in [5.74, 6) is -0.103. The van der Waals surface area contributed by atoms with Gasteiger partial charge in [-0.25, -0.2) is 9.59 Å². The number of carboxylic acid groups (broad SMARTS) is 1. The van der Waals surface area contributed by atoms with Crippen molar-refractivity contribution in [3.63, 3.8) is 0 Å². The Morgan fingerprint density at radius 1 is 1.20 bits per heavy atom. The highest BCUT2D eigenvalue weighted by Gasteiger charge is 2.40. The largest absolute Gasteiger partial charge is 0.465 e. The second kappa shape index (κ2) is 7.49. The maximum absolute atomic E-state index is 12.5. The maximum Gasteiger partial charge on any atom is 0.407 e. The summed E-state index contributed by atoms with van der Waals surface area (Å²) in [6.45, 7) is 6.07. The molecule has 142 valence electrons. The van der Waals surface area contributed by atoms with Gasteiger partial charge in [0.25, 0.3) is 0 Å². The van der Waals surface area contributed by atoms with E-state index in [1.54, 1.807) is 0 Å². The lowest BCUT2D eigenvalue weighted by Crippen LogP contribution is -2.48. The molecular formula is C17H29N3O5. The number of carbonyl (C=O) groups excluding carboxylic acids is 2. The number of carbonyl (C=O) groups is 3. The Balaban J connectivity index is 1.82. The minimum Gasteiger partial charge on any atom is -0.465 e. The molecule has 1 heterocycles. The van der Waals surface area contributed by atoms with E-state index < -0.39 is 23.8 Å². The first-order valence-corrected chi connectivity index (χ1v) is 8.84. The van der Waals surface area contributed by atoms with Crippen LogP contribution >= 0.6 is 0 Å². The fourth-order valence-corrected chi connectivity index (χ4v) is 3.55. The van der Waals surface area contributed by atoms with Gasteiger partial charge in [-0.3, -0.25) is 9.69 Å². The summed E-state index contributed by atoms with van der Waals surface area (Å²) in [6.07, 6.45) is 2.23. The van der Waals surface area contributed by atoms with Crippen LogP contribution in [0.2, 0.25) is 0 Å². The first kappa shape index (κ1) is 19.3. The van der Waals surface area contributed by atoms with Gasteiger partial charge in [-0.1, -0.05) is 0 Å². The van der Waals surface area contributed by atoms with Gasteiger partial charge in [-0.2, -0.15) is 0 Å². The minimum absolute atomic E-state index is 0.0568. The lowest BCUT2D eigenvalue weighted by atomic mass is 9.90. The van der Waals surface area contributed by atoms with Gasteiger partial charge >= 0.3 is 12.2 Å². The van der Waals surface area contributed by atoms with Crippen LogP contribution < -0.4 is 5.32 Å². The van der Waals surface area contributed by atoms with E-state index in [0.717, 1.165) is 30.6 Å². The van der Waals surface area contributed by atoms with Crippen LogP contribution in [0.4, 0.5) is 9.59 Å². The summed E-state index contributed by atoms with van der Waals surface area (Å²) in [5, 5.41) is 11.9. The van der Waals surface area contributed by atoms with E-state index in [9.17, 15) is 14.4 Å². The Morgan fingerprint density at radius 3 is 2.32 bits per heavy atom. The fraction of sp³-hybridized carbons (Fsp3) is 0.824. The van der Waals surface area contributed by atoms with Crippen LogP contribution in [0, 0.1) is 0 Å². The molecule has 0 aromatic carbocycles. The van der Waals surface area contributed by atoms with E-state index in [4.69, 9.17) is 9.84 Å². The van der Waals surface area contributed by atoms with Crippen molar-refractivity contribution in [3.8, 4) is 0 Å². The highest BCUT2D eigenvalue weighted by Crippen LogP contribution is 2.28. The van der Waals surface area contributed by atoms with Crippen LogP contribution in [0.25, 0.3) is 0 Å². The van der Waals surface area contributed by atoms with Gasteiger partial charge in [0, 0.05) is 25.7 Å². The number of likely N-dealkylation sites (tertiary alicyclic amines) is 1. The number of hydrogen-bond acceptors (Lipinski definition) is 4. The summed E-state index contributed by atoms with van der Waals surface area (Å²) in [7, 11) is 1.44. The number of ether oxygens (including phenoxy) is 1. The number of likely N-dealkylation sites (N-methyl/N-ethyl adjacent to an activating group) is 1. The number of hydrogen-bond donors (Lipinski definition) is 2. The molecule has 2 rings (SSSR count). The standard InChI is InChI=1S/C17H29N3O5/c1-17(2,3)25-15(22)18-11-5-7-12(8-6-11)20-10-9-13(14(20)21)19(4)16(23)24/h11-13H,5-10H2,1-4H3,(H,18,22)(H,23,24)/t11?,12?,13-/m0/s1. The van der Waals surface area contributed by atoms with E-state index in [1.165, 1.54) is 7.05 Å². The molecule has 0 unspecified atom stereocenters. The molecule has 2 aliphatic rings. The Bertz CT molecular complexity index is 523. The van der Waals surface area contributed by atoms with Crippen molar-refractivity contribution in [1.82, 2.24) is 15.1 Å². The average molecular weight is 355 g/mol. The van der Waals surface area contributed by atoms with E-state index in [1.807, 2.05) is 25.7 Å². The molecule has 0 bridgehead atoms. The lowest BCUT2D eigenvalue weighted by molar-refractivity contribution is -0.133. The van der Waals surface area contributed by atoms with Crippen molar-refractivity contribution < 1.29 is 24.2 Å². The second-order valence-electron chi connectivity index (χ2n) is 7.88. The third-order valence-corrected chi connectivity index (χ3v) is 4.84. The number of amides is 3. The average Bonchev–Trinajstić information content (AvgIpc) is 2.87. The second-order valence-corrected chi connectivity index (χ2v) is 7.88. The van der Waals surface area contributed by atoms with Crippen LogP contribution in [-0.4, -0.2) is 70.3 Å². The van der Waals surface area contributed by atoms with Crippen molar-refractivity contribution in [1.29, 1.82) is 0 Å². The molecule has 0 aromatic heterocycles. The van der Waals surface area contributed by atoms with Crippen molar-refractivity contribution in [2.24, 2.45) is 0 Å². The smallest absolute Gasteiger partial charge is 0.407 e. The van der Waals surface area contributed by atoms with Gasteiger partial charge < -0.3 is 20.1 Å². The summed E-state index contributed by atoms with van der Waals surface area (Å²) in [6, 6.07) is -0.396. The van der Waals surface area contributed by atoms with E-state index in [-0.39, 0.29) is 18.0 Å². The van der Waals surface area contributed by atoms with Crippen LogP contribution in [0.1, 0.15) is 52.9 Å². The lowest BCUT2D eigenvalue weighted by Gasteiger charge is -2.35. The normalized spacial score (nSPS) is 27.1. The number of rotatable bonds is 3. The molecule has 1 saturated carbocycles. The van der Waals surface area contributed by atoms with Gasteiger partial charge in [-0.05, 0) is 52.9 Å². The quantitative estimate of drug-likeness (QED) is 0.807. The minimum atomic E-state index is -1.08. The van der Waals surface area contributed by atoms with Crippen molar-refractivity contribution in [2.75, 3.05) is 13.6 Å². The molecule has 1 aliphatic carbocycles. The van der Waals surface area contributed by atoms with Crippen molar-refractivity contribution in [3.05, 3.63) is 0 Å². The first-order valence-electron chi connectivity index (χ1n) is 8.84. The Morgan fingerprint density at radius 2 is 1.80 bits per heavy atom. The molecule has 3 amide bonds. The molecule has 1 saturated heterocycles. The zero-order chi connectivity index (χ0) is 18.8. The van der Waals surface area contributed by atoms with Gasteiger partial charge in [0.05, 0.1) is 0 Å². The molecule has 2 fully saturated rings. The van der Waals surface area contributed by atoms with Gasteiger partial charge in [-0.15, -0.1) is 0 Å². The highest BCUT2D eigenvalue weighted by atomic mass is 16.6. The van der Waals surface area contributed by atoms with Gasteiger partial charge in [0.15, 0.2) is 0 Å². The van der Waals surface area contributed by atoms with Crippen molar-refractivity contribution in [2.45, 2.75) is 76.6 Å². The molecule has 0 aromatic rings. The Labute approximate surface area is 148 Å². The zero-order valence-electron chi connectivity index (χ0n) is 15.4. The molecule has 8 nitrogen and oxygen atoms in total. The van der Waals surface area contributed by atoms with Crippen LogP contribution in [0.5, 0.6) is 0 Å². The van der Waals surface area contributed by atoms with Crippen LogP contribution in [-0.2, 0) is 9.53 Å². The molecule has 0 radical (unpaired) electrons. The third-order valence-electron chi connectivity index (χ3n) is 4.84. The molecule has 0 spiro atoms. The zero-order valence-corrected chi connectivity index (χ0v) is 15.4. The predicted molar refractivity (Wildman–Crippen MR) is 91.3 cm³/mol. The topological polar surface area (TPSA) is 99.2 Å². The summed E-state index contributed by atoms with van der Waals surface area (Å²) >= 11 is 0. The van der Waals surface area contributed by atoms with E-state index in [2.05, 4.69) is 5.32 Å². The summed E-state index contributed by atoms with van der Waals surface area (Å²) in [5.41, 5.74) is -0.519. The third kappa shape index (κ3) is 4.99. The summed E-state index contributed by atoms with van der Waals surface area (Å²) in [4.78, 5) is 38.3.